The maximum atomic E-state index is 12.9. The summed E-state index contributed by atoms with van der Waals surface area (Å²) in [5.41, 5.74) is 2.02. The van der Waals surface area contributed by atoms with E-state index in [1.54, 1.807) is 36.4 Å². The second-order valence-electron chi connectivity index (χ2n) is 6.91. The normalized spacial score (nSPS) is 18.5. The van der Waals surface area contributed by atoms with Gasteiger partial charge < -0.3 is 10.6 Å². The number of pyridine rings is 1. The van der Waals surface area contributed by atoms with E-state index in [1.165, 1.54) is 6.20 Å². The number of amides is 4. The molecular formula is C21H18N4O4. The van der Waals surface area contributed by atoms with Gasteiger partial charge in [0.05, 0.1) is 11.1 Å². The number of nitrogens with one attached hydrogen (secondary N) is 2. The number of piperidine rings is 1. The Kier molecular flexibility index (Phi) is 4.67. The quantitative estimate of drug-likeness (QED) is 0.767. The number of allylic oxidation sites excluding steroid dienone is 1. The molecule has 0 radical (unpaired) electrons. The number of benzene rings is 1. The molecule has 1 aromatic heterocycles. The summed E-state index contributed by atoms with van der Waals surface area (Å²) in [6, 6.07) is 8.99. The highest BCUT2D eigenvalue weighted by atomic mass is 16.2. The van der Waals surface area contributed by atoms with E-state index in [0.717, 1.165) is 4.90 Å². The van der Waals surface area contributed by atoms with Gasteiger partial charge in [0.25, 0.3) is 17.7 Å². The number of aromatic nitrogens is 1. The van der Waals surface area contributed by atoms with Gasteiger partial charge >= 0.3 is 0 Å². The average molecular weight is 390 g/mol. The molecule has 4 rings (SSSR count). The van der Waals surface area contributed by atoms with Crippen molar-refractivity contribution in [2.24, 2.45) is 0 Å². The number of nitrogens with zero attached hydrogens (tertiary/aromatic N) is 2. The molecule has 0 bridgehead atoms. The van der Waals surface area contributed by atoms with E-state index in [2.05, 4.69) is 22.2 Å². The third kappa shape index (κ3) is 3.40. The summed E-state index contributed by atoms with van der Waals surface area (Å²) in [6.45, 7) is 3.89. The zero-order valence-electron chi connectivity index (χ0n) is 15.5. The zero-order valence-corrected chi connectivity index (χ0v) is 15.5. The molecule has 0 aliphatic carbocycles. The lowest BCUT2D eigenvalue weighted by Gasteiger charge is -2.29. The fourth-order valence-electron chi connectivity index (χ4n) is 3.48. The van der Waals surface area contributed by atoms with E-state index >= 15 is 0 Å². The van der Waals surface area contributed by atoms with Crippen LogP contribution >= 0.6 is 0 Å². The molecule has 1 aromatic carbocycles. The zero-order chi connectivity index (χ0) is 20.5. The van der Waals surface area contributed by atoms with E-state index in [1.807, 2.05) is 0 Å². The minimum atomic E-state index is -0.847. The molecule has 2 N–H and O–H groups in total. The van der Waals surface area contributed by atoms with Gasteiger partial charge in [0.2, 0.25) is 5.91 Å². The summed E-state index contributed by atoms with van der Waals surface area (Å²) in [5, 5.41) is 5.33. The van der Waals surface area contributed by atoms with E-state index in [4.69, 9.17) is 0 Å². The molecular weight excluding hydrogens is 372 g/mol. The Labute approximate surface area is 166 Å². The second kappa shape index (κ2) is 7.31. The lowest BCUT2D eigenvalue weighted by Crippen LogP contribution is -2.51. The average Bonchev–Trinajstić information content (AvgIpc) is 2.97. The number of imide groups is 1. The molecule has 1 fully saturated rings. The largest absolute Gasteiger partial charge is 0.347 e. The summed E-state index contributed by atoms with van der Waals surface area (Å²) in [7, 11) is 0. The van der Waals surface area contributed by atoms with Crippen LogP contribution in [0.3, 0.4) is 0 Å². The Bertz CT molecular complexity index is 1050. The first-order valence-corrected chi connectivity index (χ1v) is 9.14. The van der Waals surface area contributed by atoms with Gasteiger partial charge in [-0.05, 0) is 42.7 Å². The minimum Gasteiger partial charge on any atom is -0.347 e. The third-order valence-corrected chi connectivity index (χ3v) is 4.97. The van der Waals surface area contributed by atoms with Crippen LogP contribution in [0.2, 0.25) is 0 Å². The molecule has 8 heteroatoms. The first-order chi connectivity index (χ1) is 14.0. The Balaban J connectivity index is 1.50. The van der Waals surface area contributed by atoms with Crippen molar-refractivity contribution in [2.75, 3.05) is 0 Å². The fraction of sp³-hybridized carbons (Fsp3) is 0.190. The number of hydrogen-bond donors (Lipinski definition) is 2. The first kappa shape index (κ1) is 18.5. The van der Waals surface area contributed by atoms with Crippen molar-refractivity contribution in [3.63, 3.8) is 0 Å². The standard InChI is InChI=1S/C21H18N4O4/c1-12-5-8-17(19(27)24-12)25-20(28)14-7-6-13(10-15(14)21(25)29)11-23-18(26)16-4-2-3-9-22-16/h2-4,6-7,9-10,17H,1,5,8,11H2,(H,23,26)(H,24,27). The number of fused-ring (bicyclic) bond motifs is 1. The summed E-state index contributed by atoms with van der Waals surface area (Å²) in [6.07, 6.45) is 2.39. The fourth-order valence-corrected chi connectivity index (χ4v) is 3.48. The molecule has 8 nitrogen and oxygen atoms in total. The van der Waals surface area contributed by atoms with Crippen molar-refractivity contribution < 1.29 is 19.2 Å². The Morgan fingerprint density at radius 2 is 1.97 bits per heavy atom. The van der Waals surface area contributed by atoms with Crippen LogP contribution in [0.5, 0.6) is 0 Å². The minimum absolute atomic E-state index is 0.175. The van der Waals surface area contributed by atoms with Gasteiger partial charge in [0, 0.05) is 18.4 Å². The monoisotopic (exact) mass is 390 g/mol. The molecule has 29 heavy (non-hydrogen) atoms. The molecule has 0 saturated carbocycles. The topological polar surface area (TPSA) is 108 Å². The number of hydrogen-bond acceptors (Lipinski definition) is 5. The molecule has 1 saturated heterocycles. The van der Waals surface area contributed by atoms with Crippen molar-refractivity contribution >= 4 is 23.6 Å². The predicted octanol–water partition coefficient (Wildman–Crippen LogP) is 1.40. The summed E-state index contributed by atoms with van der Waals surface area (Å²) in [5.74, 6) is -1.73. The maximum absolute atomic E-state index is 12.9. The Morgan fingerprint density at radius 1 is 1.17 bits per heavy atom. The molecule has 1 unspecified atom stereocenters. The molecule has 2 aliphatic rings. The molecule has 0 spiro atoms. The second-order valence-corrected chi connectivity index (χ2v) is 6.91. The van der Waals surface area contributed by atoms with Crippen LogP contribution in [0, 0.1) is 0 Å². The van der Waals surface area contributed by atoms with Gasteiger partial charge in [-0.15, -0.1) is 0 Å². The van der Waals surface area contributed by atoms with Crippen molar-refractivity contribution in [3.05, 3.63) is 77.3 Å². The highest BCUT2D eigenvalue weighted by molar-refractivity contribution is 6.23. The molecule has 2 aromatic rings. The van der Waals surface area contributed by atoms with Gasteiger partial charge in [0.15, 0.2) is 0 Å². The van der Waals surface area contributed by atoms with Gasteiger partial charge in [-0.25, -0.2) is 0 Å². The summed E-state index contributed by atoms with van der Waals surface area (Å²) >= 11 is 0. The summed E-state index contributed by atoms with van der Waals surface area (Å²) in [4.78, 5) is 54.9. The molecule has 1 atom stereocenters. The Hall–Kier alpha value is -3.81. The van der Waals surface area contributed by atoms with Crippen LogP contribution < -0.4 is 10.6 Å². The number of rotatable bonds is 4. The number of carbonyl (C=O) groups excluding carboxylic acids is 4. The molecule has 4 amide bonds. The first-order valence-electron chi connectivity index (χ1n) is 9.14. The van der Waals surface area contributed by atoms with Crippen molar-refractivity contribution in [1.29, 1.82) is 0 Å². The van der Waals surface area contributed by atoms with Crippen molar-refractivity contribution in [1.82, 2.24) is 20.5 Å². The van der Waals surface area contributed by atoms with Gasteiger partial charge in [-0.1, -0.05) is 18.7 Å². The lowest BCUT2D eigenvalue weighted by molar-refractivity contribution is -0.125. The van der Waals surface area contributed by atoms with Crippen LogP contribution in [-0.4, -0.2) is 39.6 Å². The molecule has 3 heterocycles. The maximum Gasteiger partial charge on any atom is 0.270 e. The van der Waals surface area contributed by atoms with E-state index in [0.29, 0.717) is 24.1 Å². The highest BCUT2D eigenvalue weighted by Gasteiger charge is 2.43. The van der Waals surface area contributed by atoms with E-state index in [-0.39, 0.29) is 29.3 Å². The van der Waals surface area contributed by atoms with Gasteiger partial charge in [-0.2, -0.15) is 0 Å². The van der Waals surface area contributed by atoms with Crippen LogP contribution in [0.4, 0.5) is 0 Å². The summed E-state index contributed by atoms with van der Waals surface area (Å²) < 4.78 is 0. The van der Waals surface area contributed by atoms with Gasteiger partial charge in [-0.3, -0.25) is 29.1 Å². The van der Waals surface area contributed by atoms with Crippen molar-refractivity contribution in [2.45, 2.75) is 25.4 Å². The van der Waals surface area contributed by atoms with Gasteiger partial charge in [0.1, 0.15) is 11.7 Å². The Morgan fingerprint density at radius 3 is 2.69 bits per heavy atom. The molecule has 146 valence electrons. The van der Waals surface area contributed by atoms with Crippen molar-refractivity contribution in [3.8, 4) is 0 Å². The smallest absolute Gasteiger partial charge is 0.270 e. The highest BCUT2D eigenvalue weighted by Crippen LogP contribution is 2.29. The third-order valence-electron chi connectivity index (χ3n) is 4.97. The predicted molar refractivity (Wildman–Crippen MR) is 103 cm³/mol. The SMILES string of the molecule is C=C1CCC(N2C(=O)c3ccc(CNC(=O)c4ccccn4)cc3C2=O)C(=O)N1. The van der Waals surface area contributed by atoms with Crippen LogP contribution in [-0.2, 0) is 11.3 Å². The van der Waals surface area contributed by atoms with E-state index in [9.17, 15) is 19.2 Å². The van der Waals surface area contributed by atoms with E-state index < -0.39 is 23.8 Å². The van der Waals surface area contributed by atoms with Crippen LogP contribution in [0.1, 0.15) is 49.6 Å². The number of carbonyl (C=O) groups is 4. The van der Waals surface area contributed by atoms with Crippen LogP contribution in [0.15, 0.2) is 54.9 Å². The van der Waals surface area contributed by atoms with Crippen LogP contribution in [0.25, 0.3) is 0 Å². The lowest BCUT2D eigenvalue weighted by atomic mass is 10.0. The molecule has 2 aliphatic heterocycles.